The molecule has 1 atom stereocenters. The van der Waals surface area contributed by atoms with Crippen LogP contribution in [0.2, 0.25) is 0 Å². The average Bonchev–Trinajstić information content (AvgIpc) is 2.81. The zero-order valence-corrected chi connectivity index (χ0v) is 9.83. The molecule has 0 radical (unpaired) electrons. The molecule has 0 aliphatic carbocycles. The highest BCUT2D eigenvalue weighted by molar-refractivity contribution is 5.50. The maximum atomic E-state index is 5.96. The quantitative estimate of drug-likeness (QED) is 0.761. The fourth-order valence-corrected chi connectivity index (χ4v) is 2.25. The van der Waals surface area contributed by atoms with Crippen molar-refractivity contribution < 1.29 is 4.74 Å². The predicted octanol–water partition coefficient (Wildman–Crippen LogP) is 1.82. The van der Waals surface area contributed by atoms with E-state index in [0.717, 1.165) is 36.9 Å². The molecule has 1 saturated heterocycles. The Bertz CT molecular complexity index is 346. The zero-order chi connectivity index (χ0) is 11.4. The second-order valence-electron chi connectivity index (χ2n) is 4.46. The Labute approximate surface area is 97.0 Å². The lowest BCUT2D eigenvalue weighted by atomic mass is 9.98. The molecule has 1 aromatic rings. The zero-order valence-electron chi connectivity index (χ0n) is 9.83. The van der Waals surface area contributed by atoms with Crippen LogP contribution >= 0.6 is 0 Å². The third kappa shape index (κ3) is 2.67. The summed E-state index contributed by atoms with van der Waals surface area (Å²) < 4.78 is 5.21. The molecule has 0 aromatic heterocycles. The number of ether oxygens (including phenoxy) is 1. The molecule has 0 saturated carbocycles. The second kappa shape index (κ2) is 5.21. The third-order valence-corrected chi connectivity index (χ3v) is 3.33. The molecular weight excluding hydrogens is 200 g/mol. The molecule has 3 N–H and O–H groups in total. The van der Waals surface area contributed by atoms with Gasteiger partial charge in [0.25, 0.3) is 0 Å². The summed E-state index contributed by atoms with van der Waals surface area (Å²) in [5.74, 6) is 1.71. The van der Waals surface area contributed by atoms with Crippen LogP contribution in [0.1, 0.15) is 18.4 Å². The maximum absolute atomic E-state index is 5.96. The van der Waals surface area contributed by atoms with Crippen LogP contribution in [0.5, 0.6) is 5.75 Å². The molecule has 2 rings (SSSR count). The van der Waals surface area contributed by atoms with Gasteiger partial charge in [-0.1, -0.05) is 0 Å². The number of hydrogen-bond acceptors (Lipinski definition) is 3. The van der Waals surface area contributed by atoms with E-state index in [0.29, 0.717) is 0 Å². The van der Waals surface area contributed by atoms with E-state index in [1.165, 1.54) is 18.4 Å². The fraction of sp³-hybridized carbons (Fsp3) is 0.538. The summed E-state index contributed by atoms with van der Waals surface area (Å²) in [6.45, 7) is 2.32. The molecule has 1 aliphatic heterocycles. The van der Waals surface area contributed by atoms with E-state index in [9.17, 15) is 0 Å². The van der Waals surface area contributed by atoms with Crippen molar-refractivity contribution in [1.29, 1.82) is 0 Å². The van der Waals surface area contributed by atoms with E-state index in [4.69, 9.17) is 10.5 Å². The van der Waals surface area contributed by atoms with Crippen molar-refractivity contribution >= 4 is 5.69 Å². The SMILES string of the molecule is COc1ccc(N)c(CCC2CCNC2)c1. The van der Waals surface area contributed by atoms with Gasteiger partial charge < -0.3 is 15.8 Å². The molecular formula is C13H20N2O. The largest absolute Gasteiger partial charge is 0.497 e. The van der Waals surface area contributed by atoms with Crippen LogP contribution in [0.3, 0.4) is 0 Å². The van der Waals surface area contributed by atoms with Crippen molar-refractivity contribution in [3.63, 3.8) is 0 Å². The minimum Gasteiger partial charge on any atom is -0.497 e. The molecule has 0 spiro atoms. The molecule has 0 amide bonds. The van der Waals surface area contributed by atoms with Gasteiger partial charge >= 0.3 is 0 Å². The molecule has 1 fully saturated rings. The molecule has 16 heavy (non-hydrogen) atoms. The number of nitrogens with two attached hydrogens (primary N) is 1. The van der Waals surface area contributed by atoms with Gasteiger partial charge in [0, 0.05) is 5.69 Å². The Morgan fingerprint density at radius 1 is 1.50 bits per heavy atom. The van der Waals surface area contributed by atoms with Crippen LogP contribution in [0, 0.1) is 5.92 Å². The summed E-state index contributed by atoms with van der Waals surface area (Å²) in [4.78, 5) is 0. The number of nitrogen functional groups attached to an aromatic ring is 1. The molecule has 1 heterocycles. The Morgan fingerprint density at radius 3 is 3.06 bits per heavy atom. The van der Waals surface area contributed by atoms with Crippen LogP contribution in [0.25, 0.3) is 0 Å². The highest BCUT2D eigenvalue weighted by Gasteiger charge is 2.14. The van der Waals surface area contributed by atoms with E-state index >= 15 is 0 Å². The third-order valence-electron chi connectivity index (χ3n) is 3.33. The van der Waals surface area contributed by atoms with E-state index in [1.54, 1.807) is 7.11 Å². The average molecular weight is 220 g/mol. The standard InChI is InChI=1S/C13H20N2O/c1-16-12-4-5-13(14)11(8-12)3-2-10-6-7-15-9-10/h4-5,8,10,15H,2-3,6-7,9,14H2,1H3. The van der Waals surface area contributed by atoms with Crippen molar-refractivity contribution in [2.24, 2.45) is 5.92 Å². The van der Waals surface area contributed by atoms with Crippen molar-refractivity contribution in [1.82, 2.24) is 5.32 Å². The van der Waals surface area contributed by atoms with Crippen molar-refractivity contribution in [3.05, 3.63) is 23.8 Å². The van der Waals surface area contributed by atoms with Crippen LogP contribution < -0.4 is 15.8 Å². The van der Waals surface area contributed by atoms with Crippen LogP contribution in [0.15, 0.2) is 18.2 Å². The van der Waals surface area contributed by atoms with Gasteiger partial charge in [0.05, 0.1) is 7.11 Å². The molecule has 1 aromatic carbocycles. The second-order valence-corrected chi connectivity index (χ2v) is 4.46. The molecule has 0 bridgehead atoms. The summed E-state index contributed by atoms with van der Waals surface area (Å²) in [5.41, 5.74) is 8.05. The predicted molar refractivity (Wildman–Crippen MR) is 66.7 cm³/mol. The Balaban J connectivity index is 1.96. The lowest BCUT2D eigenvalue weighted by Gasteiger charge is -2.11. The van der Waals surface area contributed by atoms with E-state index in [2.05, 4.69) is 11.4 Å². The lowest BCUT2D eigenvalue weighted by Crippen LogP contribution is -2.09. The number of nitrogens with one attached hydrogen (secondary N) is 1. The first-order chi connectivity index (χ1) is 7.79. The highest BCUT2D eigenvalue weighted by atomic mass is 16.5. The number of hydrogen-bond donors (Lipinski definition) is 2. The van der Waals surface area contributed by atoms with E-state index in [-0.39, 0.29) is 0 Å². The number of aryl methyl sites for hydroxylation is 1. The molecule has 3 heteroatoms. The summed E-state index contributed by atoms with van der Waals surface area (Å²) in [7, 11) is 1.69. The first kappa shape index (κ1) is 11.3. The molecule has 1 unspecified atom stereocenters. The Kier molecular flexibility index (Phi) is 3.67. The number of methoxy groups -OCH3 is 1. The van der Waals surface area contributed by atoms with Gasteiger partial charge in [-0.2, -0.15) is 0 Å². The van der Waals surface area contributed by atoms with Gasteiger partial charge in [-0.3, -0.25) is 0 Å². The van der Waals surface area contributed by atoms with Crippen LogP contribution in [0.4, 0.5) is 5.69 Å². The van der Waals surface area contributed by atoms with Gasteiger partial charge in [-0.05, 0) is 62.0 Å². The molecule has 3 nitrogen and oxygen atoms in total. The smallest absolute Gasteiger partial charge is 0.119 e. The minimum atomic E-state index is 0.811. The van der Waals surface area contributed by atoms with Crippen molar-refractivity contribution in [2.75, 3.05) is 25.9 Å². The van der Waals surface area contributed by atoms with Gasteiger partial charge in [0.15, 0.2) is 0 Å². The summed E-state index contributed by atoms with van der Waals surface area (Å²) in [6.07, 6.45) is 3.56. The van der Waals surface area contributed by atoms with Crippen molar-refractivity contribution in [2.45, 2.75) is 19.3 Å². The maximum Gasteiger partial charge on any atom is 0.119 e. The van der Waals surface area contributed by atoms with E-state index in [1.807, 2.05) is 12.1 Å². The number of anilines is 1. The van der Waals surface area contributed by atoms with Crippen LogP contribution in [-0.2, 0) is 6.42 Å². The van der Waals surface area contributed by atoms with Gasteiger partial charge in [0.1, 0.15) is 5.75 Å². The topological polar surface area (TPSA) is 47.3 Å². The molecule has 1 aliphatic rings. The van der Waals surface area contributed by atoms with Gasteiger partial charge in [-0.15, -0.1) is 0 Å². The van der Waals surface area contributed by atoms with Crippen LogP contribution in [-0.4, -0.2) is 20.2 Å². The Morgan fingerprint density at radius 2 is 2.38 bits per heavy atom. The molecule has 88 valence electrons. The monoisotopic (exact) mass is 220 g/mol. The van der Waals surface area contributed by atoms with Gasteiger partial charge in [0.2, 0.25) is 0 Å². The Hall–Kier alpha value is -1.22. The van der Waals surface area contributed by atoms with E-state index < -0.39 is 0 Å². The van der Waals surface area contributed by atoms with Crippen molar-refractivity contribution in [3.8, 4) is 5.75 Å². The summed E-state index contributed by atoms with van der Waals surface area (Å²) in [6, 6.07) is 5.90. The normalized spacial score (nSPS) is 19.9. The first-order valence-corrected chi connectivity index (χ1v) is 5.92. The lowest BCUT2D eigenvalue weighted by molar-refractivity contribution is 0.414. The fourth-order valence-electron chi connectivity index (χ4n) is 2.25. The highest BCUT2D eigenvalue weighted by Crippen LogP contribution is 2.23. The summed E-state index contributed by atoms with van der Waals surface area (Å²) >= 11 is 0. The van der Waals surface area contributed by atoms with Gasteiger partial charge in [-0.25, -0.2) is 0 Å². The first-order valence-electron chi connectivity index (χ1n) is 5.92. The minimum absolute atomic E-state index is 0.811. The number of benzene rings is 1. The summed E-state index contributed by atoms with van der Waals surface area (Å²) in [5, 5.41) is 3.39. The number of rotatable bonds is 4.